The second-order valence-electron chi connectivity index (χ2n) is 1.89. The Morgan fingerprint density at radius 2 is 2.33 bits per heavy atom. The highest BCUT2D eigenvalue weighted by Crippen LogP contribution is 1.97. The van der Waals surface area contributed by atoms with Crippen molar-refractivity contribution in [3.63, 3.8) is 0 Å². The van der Waals surface area contributed by atoms with E-state index in [0.717, 1.165) is 0 Å². The Labute approximate surface area is 56.1 Å². The van der Waals surface area contributed by atoms with Crippen LogP contribution >= 0.6 is 0 Å². The summed E-state index contributed by atoms with van der Waals surface area (Å²) in [6.45, 7) is 7.78. The highest BCUT2D eigenvalue weighted by molar-refractivity contribution is 4.82. The van der Waals surface area contributed by atoms with Gasteiger partial charge >= 0.3 is 0 Å². The molecular weight excluding hydrogens is 116 g/mol. The second kappa shape index (κ2) is 4.53. The van der Waals surface area contributed by atoms with Gasteiger partial charge in [0, 0.05) is 6.61 Å². The van der Waals surface area contributed by atoms with Gasteiger partial charge in [0.25, 0.3) is 0 Å². The highest BCUT2D eigenvalue weighted by atomic mass is 16.5. The van der Waals surface area contributed by atoms with Gasteiger partial charge in [0.2, 0.25) is 0 Å². The molecule has 0 aromatic rings. The summed E-state index contributed by atoms with van der Waals surface area (Å²) in [5, 5.41) is 9.01. The van der Waals surface area contributed by atoms with Crippen LogP contribution in [0.1, 0.15) is 13.8 Å². The van der Waals surface area contributed by atoms with E-state index in [2.05, 4.69) is 6.58 Å². The minimum Gasteiger partial charge on any atom is -0.386 e. The molecule has 0 aliphatic rings. The molecule has 0 radical (unpaired) electrons. The van der Waals surface area contributed by atoms with Crippen molar-refractivity contribution < 1.29 is 9.84 Å². The molecule has 0 aliphatic heterocycles. The van der Waals surface area contributed by atoms with Crippen molar-refractivity contribution in [3.05, 3.63) is 12.7 Å². The summed E-state index contributed by atoms with van der Waals surface area (Å²) in [6, 6.07) is 0. The van der Waals surface area contributed by atoms with Crippen molar-refractivity contribution in [2.24, 2.45) is 0 Å². The molecule has 0 aliphatic carbocycles. The third-order valence-corrected chi connectivity index (χ3v) is 1.15. The van der Waals surface area contributed by atoms with E-state index in [4.69, 9.17) is 9.84 Å². The summed E-state index contributed by atoms with van der Waals surface area (Å²) in [5.41, 5.74) is 0. The molecule has 0 fully saturated rings. The SMILES string of the molecule is C=CC(O)C(C)OCC. The fourth-order valence-electron chi connectivity index (χ4n) is 0.553. The lowest BCUT2D eigenvalue weighted by atomic mass is 10.2. The van der Waals surface area contributed by atoms with Crippen LogP contribution in [0.5, 0.6) is 0 Å². The summed E-state index contributed by atoms with van der Waals surface area (Å²) in [7, 11) is 0. The van der Waals surface area contributed by atoms with Crippen molar-refractivity contribution in [1.82, 2.24) is 0 Å². The molecule has 0 heterocycles. The maximum absolute atomic E-state index is 9.01. The fourth-order valence-corrected chi connectivity index (χ4v) is 0.553. The zero-order valence-electron chi connectivity index (χ0n) is 6.00. The molecule has 1 N–H and O–H groups in total. The largest absolute Gasteiger partial charge is 0.386 e. The average Bonchev–Trinajstić information content (AvgIpc) is 1.87. The molecule has 2 unspecified atom stereocenters. The normalized spacial score (nSPS) is 16.8. The van der Waals surface area contributed by atoms with Gasteiger partial charge in [0.15, 0.2) is 0 Å². The first-order valence-electron chi connectivity index (χ1n) is 3.14. The zero-order valence-corrected chi connectivity index (χ0v) is 6.00. The minimum absolute atomic E-state index is 0.132. The summed E-state index contributed by atoms with van der Waals surface area (Å²) in [4.78, 5) is 0. The van der Waals surface area contributed by atoms with Crippen LogP contribution in [-0.4, -0.2) is 23.9 Å². The molecule has 0 bridgehead atoms. The van der Waals surface area contributed by atoms with Crippen LogP contribution < -0.4 is 0 Å². The van der Waals surface area contributed by atoms with Gasteiger partial charge in [-0.15, -0.1) is 6.58 Å². The predicted molar refractivity (Wildman–Crippen MR) is 37.3 cm³/mol. The molecule has 2 nitrogen and oxygen atoms in total. The van der Waals surface area contributed by atoms with E-state index in [-0.39, 0.29) is 6.10 Å². The number of aliphatic hydroxyl groups excluding tert-OH is 1. The van der Waals surface area contributed by atoms with Gasteiger partial charge in [-0.3, -0.25) is 0 Å². The Bertz CT molecular complexity index is 81.0. The molecule has 54 valence electrons. The van der Waals surface area contributed by atoms with Gasteiger partial charge < -0.3 is 9.84 Å². The maximum atomic E-state index is 9.01. The first kappa shape index (κ1) is 8.66. The third kappa shape index (κ3) is 3.27. The summed E-state index contributed by atoms with van der Waals surface area (Å²) in [6.07, 6.45) is 0.804. The van der Waals surface area contributed by atoms with Crippen molar-refractivity contribution in [3.8, 4) is 0 Å². The van der Waals surface area contributed by atoms with E-state index in [1.54, 1.807) is 0 Å². The van der Waals surface area contributed by atoms with Crippen molar-refractivity contribution in [1.29, 1.82) is 0 Å². The monoisotopic (exact) mass is 130 g/mol. The fraction of sp³-hybridized carbons (Fsp3) is 0.714. The lowest BCUT2D eigenvalue weighted by Gasteiger charge is -2.14. The standard InChI is InChI=1S/C7H14O2/c1-4-7(8)6(3)9-5-2/h4,6-8H,1,5H2,2-3H3. The lowest BCUT2D eigenvalue weighted by Crippen LogP contribution is -2.23. The third-order valence-electron chi connectivity index (χ3n) is 1.15. The number of hydrogen-bond donors (Lipinski definition) is 1. The van der Waals surface area contributed by atoms with Gasteiger partial charge in [-0.05, 0) is 13.8 Å². The number of rotatable bonds is 4. The quantitative estimate of drug-likeness (QED) is 0.574. The molecule has 0 spiro atoms. The van der Waals surface area contributed by atoms with Crippen LogP contribution in [-0.2, 0) is 4.74 Å². The molecule has 0 saturated carbocycles. The minimum atomic E-state index is -0.537. The van der Waals surface area contributed by atoms with E-state index in [1.165, 1.54) is 6.08 Å². The van der Waals surface area contributed by atoms with Crippen LogP contribution in [0, 0.1) is 0 Å². The van der Waals surface area contributed by atoms with Gasteiger partial charge in [0.1, 0.15) is 0 Å². The first-order valence-corrected chi connectivity index (χ1v) is 3.14. The van der Waals surface area contributed by atoms with E-state index in [1.807, 2.05) is 13.8 Å². The second-order valence-corrected chi connectivity index (χ2v) is 1.89. The Hall–Kier alpha value is -0.340. The van der Waals surface area contributed by atoms with Crippen LogP contribution in [0.15, 0.2) is 12.7 Å². The lowest BCUT2D eigenvalue weighted by molar-refractivity contribution is 0.000237. The number of aliphatic hydroxyl groups is 1. The molecule has 2 heteroatoms. The molecular formula is C7H14O2. The molecule has 0 amide bonds. The summed E-state index contributed by atoms with van der Waals surface area (Å²) in [5.74, 6) is 0. The number of hydrogen-bond acceptors (Lipinski definition) is 2. The van der Waals surface area contributed by atoms with Gasteiger partial charge in [-0.2, -0.15) is 0 Å². The maximum Gasteiger partial charge on any atom is 0.0977 e. The summed E-state index contributed by atoms with van der Waals surface area (Å²) >= 11 is 0. The average molecular weight is 130 g/mol. The zero-order chi connectivity index (χ0) is 7.28. The molecule has 0 aromatic heterocycles. The van der Waals surface area contributed by atoms with Crippen molar-refractivity contribution in [2.75, 3.05) is 6.61 Å². The van der Waals surface area contributed by atoms with Crippen molar-refractivity contribution in [2.45, 2.75) is 26.1 Å². The van der Waals surface area contributed by atoms with E-state index in [9.17, 15) is 0 Å². The van der Waals surface area contributed by atoms with E-state index < -0.39 is 6.10 Å². The molecule has 0 saturated heterocycles. The molecule has 0 rings (SSSR count). The molecule has 9 heavy (non-hydrogen) atoms. The smallest absolute Gasteiger partial charge is 0.0977 e. The summed E-state index contributed by atoms with van der Waals surface area (Å²) < 4.78 is 5.07. The Kier molecular flexibility index (Phi) is 4.36. The highest BCUT2D eigenvalue weighted by Gasteiger charge is 2.08. The van der Waals surface area contributed by atoms with E-state index >= 15 is 0 Å². The van der Waals surface area contributed by atoms with Gasteiger partial charge in [0.05, 0.1) is 12.2 Å². The van der Waals surface area contributed by atoms with Crippen LogP contribution in [0.25, 0.3) is 0 Å². The molecule has 2 atom stereocenters. The Morgan fingerprint density at radius 1 is 1.78 bits per heavy atom. The number of ether oxygens (including phenoxy) is 1. The van der Waals surface area contributed by atoms with Crippen LogP contribution in [0.3, 0.4) is 0 Å². The van der Waals surface area contributed by atoms with Crippen molar-refractivity contribution >= 4 is 0 Å². The van der Waals surface area contributed by atoms with Crippen LogP contribution in [0.2, 0.25) is 0 Å². The van der Waals surface area contributed by atoms with Gasteiger partial charge in [-0.25, -0.2) is 0 Å². The topological polar surface area (TPSA) is 29.5 Å². The first-order chi connectivity index (χ1) is 4.22. The Morgan fingerprint density at radius 3 is 2.67 bits per heavy atom. The Balaban J connectivity index is 3.44. The predicted octanol–water partition coefficient (Wildman–Crippen LogP) is 0.958. The van der Waals surface area contributed by atoms with Crippen LogP contribution in [0.4, 0.5) is 0 Å². The van der Waals surface area contributed by atoms with Gasteiger partial charge in [-0.1, -0.05) is 6.08 Å². The van der Waals surface area contributed by atoms with E-state index in [0.29, 0.717) is 6.61 Å². The molecule has 0 aromatic carbocycles.